The van der Waals surface area contributed by atoms with Gasteiger partial charge in [-0.15, -0.1) is 0 Å². The summed E-state index contributed by atoms with van der Waals surface area (Å²) in [7, 11) is 2.10. The summed E-state index contributed by atoms with van der Waals surface area (Å²) in [6, 6.07) is 9.36. The Kier molecular flexibility index (Phi) is 5.71. The van der Waals surface area contributed by atoms with Crippen molar-refractivity contribution in [3.8, 4) is 0 Å². The topological polar surface area (TPSA) is 12.0 Å². The lowest BCUT2D eigenvalue weighted by atomic mass is 9.95. The van der Waals surface area contributed by atoms with E-state index in [1.807, 2.05) is 0 Å². The van der Waals surface area contributed by atoms with Gasteiger partial charge in [0.15, 0.2) is 0 Å². The quantitative estimate of drug-likeness (QED) is 0.813. The van der Waals surface area contributed by atoms with Crippen LogP contribution in [-0.4, -0.2) is 13.1 Å². The predicted molar refractivity (Wildman–Crippen MR) is 81.9 cm³/mol. The molecule has 0 amide bonds. The van der Waals surface area contributed by atoms with Crippen molar-refractivity contribution in [2.24, 2.45) is 5.92 Å². The summed E-state index contributed by atoms with van der Waals surface area (Å²) >= 11 is 3.49. The van der Waals surface area contributed by atoms with E-state index in [-0.39, 0.29) is 0 Å². The largest absolute Gasteiger partial charge is 0.317 e. The molecule has 100 valence electrons. The molecule has 1 aromatic rings. The number of nitrogens with one attached hydrogen (secondary N) is 1. The first kappa shape index (κ1) is 14.1. The van der Waals surface area contributed by atoms with Crippen LogP contribution < -0.4 is 5.32 Å². The van der Waals surface area contributed by atoms with Gasteiger partial charge < -0.3 is 5.32 Å². The van der Waals surface area contributed by atoms with Gasteiger partial charge in [0.2, 0.25) is 0 Å². The highest BCUT2D eigenvalue weighted by Gasteiger charge is 2.16. The Bertz CT molecular complexity index is 341. The van der Waals surface area contributed by atoms with Gasteiger partial charge in [-0.3, -0.25) is 0 Å². The Morgan fingerprint density at radius 2 is 1.89 bits per heavy atom. The Balaban J connectivity index is 1.79. The van der Waals surface area contributed by atoms with Crippen molar-refractivity contribution in [2.45, 2.75) is 51.0 Å². The van der Waals surface area contributed by atoms with Crippen LogP contribution in [-0.2, 0) is 6.42 Å². The average molecular weight is 310 g/mol. The van der Waals surface area contributed by atoms with Crippen molar-refractivity contribution in [2.75, 3.05) is 7.05 Å². The van der Waals surface area contributed by atoms with Crippen LogP contribution in [0.2, 0.25) is 0 Å². The predicted octanol–water partition coefficient (Wildman–Crippen LogP) is 4.55. The van der Waals surface area contributed by atoms with Crippen LogP contribution in [0, 0.1) is 5.92 Å². The third kappa shape index (κ3) is 4.40. The van der Waals surface area contributed by atoms with E-state index < -0.39 is 0 Å². The second-order valence-electron chi connectivity index (χ2n) is 5.54. The van der Waals surface area contributed by atoms with Gasteiger partial charge >= 0.3 is 0 Å². The Morgan fingerprint density at radius 3 is 2.50 bits per heavy atom. The first-order valence-electron chi connectivity index (χ1n) is 7.19. The van der Waals surface area contributed by atoms with Crippen molar-refractivity contribution in [3.05, 3.63) is 34.3 Å². The first-order chi connectivity index (χ1) is 8.78. The van der Waals surface area contributed by atoms with E-state index in [0.717, 1.165) is 12.3 Å². The fraction of sp³-hybridized carbons (Fsp3) is 0.625. The SMILES string of the molecule is CNC(CCC1CCCC1)Cc1ccc(Br)cc1. The summed E-state index contributed by atoms with van der Waals surface area (Å²) in [4.78, 5) is 0. The van der Waals surface area contributed by atoms with Gasteiger partial charge in [0.05, 0.1) is 0 Å². The maximum absolute atomic E-state index is 3.49. The van der Waals surface area contributed by atoms with Gasteiger partial charge in [-0.25, -0.2) is 0 Å². The van der Waals surface area contributed by atoms with E-state index in [0.29, 0.717) is 6.04 Å². The molecular formula is C16H24BrN. The zero-order valence-corrected chi connectivity index (χ0v) is 12.9. The third-order valence-corrected chi connectivity index (χ3v) is 4.73. The van der Waals surface area contributed by atoms with Crippen molar-refractivity contribution in [3.63, 3.8) is 0 Å². The van der Waals surface area contributed by atoms with Crippen LogP contribution >= 0.6 is 15.9 Å². The van der Waals surface area contributed by atoms with Gasteiger partial charge in [-0.2, -0.15) is 0 Å². The average Bonchev–Trinajstić information content (AvgIpc) is 2.90. The molecule has 1 N–H and O–H groups in total. The van der Waals surface area contributed by atoms with Crippen LogP contribution in [0.4, 0.5) is 0 Å². The van der Waals surface area contributed by atoms with Gasteiger partial charge in [-0.05, 0) is 49.9 Å². The summed E-state index contributed by atoms with van der Waals surface area (Å²) in [5.74, 6) is 1.01. The lowest BCUT2D eigenvalue weighted by molar-refractivity contribution is 0.418. The Morgan fingerprint density at radius 1 is 1.22 bits per heavy atom. The minimum absolute atomic E-state index is 0.631. The summed E-state index contributed by atoms with van der Waals surface area (Å²) in [6.07, 6.45) is 9.72. The van der Waals surface area contributed by atoms with Crippen molar-refractivity contribution in [1.29, 1.82) is 0 Å². The molecule has 1 saturated carbocycles. The number of benzene rings is 1. The molecule has 0 heterocycles. The second-order valence-corrected chi connectivity index (χ2v) is 6.46. The molecule has 0 aromatic heterocycles. The molecular weight excluding hydrogens is 286 g/mol. The van der Waals surface area contributed by atoms with Crippen LogP contribution in [0.15, 0.2) is 28.7 Å². The number of hydrogen-bond donors (Lipinski definition) is 1. The third-order valence-electron chi connectivity index (χ3n) is 4.20. The van der Waals surface area contributed by atoms with Crippen LogP contribution in [0.1, 0.15) is 44.1 Å². The van der Waals surface area contributed by atoms with E-state index in [2.05, 4.69) is 52.6 Å². The number of hydrogen-bond acceptors (Lipinski definition) is 1. The maximum Gasteiger partial charge on any atom is 0.0175 e. The monoisotopic (exact) mass is 309 g/mol. The molecule has 0 saturated heterocycles. The Hall–Kier alpha value is -0.340. The van der Waals surface area contributed by atoms with Crippen LogP contribution in [0.3, 0.4) is 0 Å². The van der Waals surface area contributed by atoms with Gasteiger partial charge in [0.1, 0.15) is 0 Å². The molecule has 18 heavy (non-hydrogen) atoms. The van der Waals surface area contributed by atoms with E-state index in [1.54, 1.807) is 0 Å². The van der Waals surface area contributed by atoms with Crippen LogP contribution in [0.25, 0.3) is 0 Å². The molecule has 1 aliphatic rings. The molecule has 0 aliphatic heterocycles. The molecule has 0 radical (unpaired) electrons. The molecule has 2 rings (SSSR count). The molecule has 1 unspecified atom stereocenters. The van der Waals surface area contributed by atoms with E-state index in [9.17, 15) is 0 Å². The smallest absolute Gasteiger partial charge is 0.0175 e. The lowest BCUT2D eigenvalue weighted by Crippen LogP contribution is -2.28. The zero-order valence-electron chi connectivity index (χ0n) is 11.3. The van der Waals surface area contributed by atoms with Gasteiger partial charge in [-0.1, -0.05) is 53.7 Å². The lowest BCUT2D eigenvalue weighted by Gasteiger charge is -2.18. The fourth-order valence-electron chi connectivity index (χ4n) is 2.99. The summed E-state index contributed by atoms with van der Waals surface area (Å²) < 4.78 is 1.17. The van der Waals surface area contributed by atoms with E-state index in [1.165, 1.54) is 48.6 Å². The number of halogens is 1. The first-order valence-corrected chi connectivity index (χ1v) is 7.99. The summed E-state index contributed by atoms with van der Waals surface area (Å²) in [6.45, 7) is 0. The maximum atomic E-state index is 3.49. The molecule has 1 fully saturated rings. The highest BCUT2D eigenvalue weighted by Crippen LogP contribution is 2.29. The van der Waals surface area contributed by atoms with Gasteiger partial charge in [0, 0.05) is 10.5 Å². The summed E-state index contributed by atoms with van der Waals surface area (Å²) in [5, 5.41) is 3.48. The number of rotatable bonds is 6. The molecule has 1 aromatic carbocycles. The molecule has 1 atom stereocenters. The molecule has 1 aliphatic carbocycles. The van der Waals surface area contributed by atoms with Gasteiger partial charge in [0.25, 0.3) is 0 Å². The number of likely N-dealkylation sites (N-methyl/N-ethyl adjacent to an activating group) is 1. The standard InChI is InChI=1S/C16H24BrN/c1-18-16(11-8-13-4-2-3-5-13)12-14-6-9-15(17)10-7-14/h6-7,9-10,13,16,18H,2-5,8,11-12H2,1H3. The summed E-state index contributed by atoms with van der Waals surface area (Å²) in [5.41, 5.74) is 1.43. The molecule has 0 bridgehead atoms. The minimum atomic E-state index is 0.631. The molecule has 0 spiro atoms. The zero-order chi connectivity index (χ0) is 12.8. The van der Waals surface area contributed by atoms with Crippen molar-refractivity contribution < 1.29 is 0 Å². The van der Waals surface area contributed by atoms with Crippen molar-refractivity contribution in [1.82, 2.24) is 5.32 Å². The fourth-order valence-corrected chi connectivity index (χ4v) is 3.25. The highest BCUT2D eigenvalue weighted by molar-refractivity contribution is 9.10. The Labute approximate surface area is 119 Å². The second kappa shape index (κ2) is 7.30. The van der Waals surface area contributed by atoms with Crippen LogP contribution in [0.5, 0.6) is 0 Å². The van der Waals surface area contributed by atoms with Crippen molar-refractivity contribution >= 4 is 15.9 Å². The normalized spacial score (nSPS) is 18.1. The van der Waals surface area contributed by atoms with E-state index >= 15 is 0 Å². The molecule has 1 nitrogen and oxygen atoms in total. The van der Waals surface area contributed by atoms with E-state index in [4.69, 9.17) is 0 Å². The minimum Gasteiger partial charge on any atom is -0.317 e. The highest BCUT2D eigenvalue weighted by atomic mass is 79.9. The molecule has 2 heteroatoms.